The van der Waals surface area contributed by atoms with Crippen LogP contribution in [0, 0.1) is 23.2 Å². The molecule has 0 saturated carbocycles. The lowest BCUT2D eigenvalue weighted by Gasteiger charge is -2.48. The summed E-state index contributed by atoms with van der Waals surface area (Å²) in [6.07, 6.45) is 14.5. The molecule has 2 aliphatic carbocycles. The highest BCUT2D eigenvalue weighted by Gasteiger charge is 2.43. The Bertz CT molecular complexity index is 510. The predicted molar refractivity (Wildman–Crippen MR) is 92.7 cm³/mol. The van der Waals surface area contributed by atoms with Crippen molar-refractivity contribution in [1.82, 2.24) is 0 Å². The van der Waals surface area contributed by atoms with Crippen LogP contribution < -0.4 is 5.73 Å². The van der Waals surface area contributed by atoms with E-state index >= 15 is 0 Å². The Morgan fingerprint density at radius 3 is 2.91 bits per heavy atom. The van der Waals surface area contributed by atoms with Crippen molar-refractivity contribution in [3.05, 3.63) is 23.8 Å². The largest absolute Gasteiger partial charge is 0.462 e. The standard InChI is InChI=1S/C20H31NO2/c1-14-6-7-16-12-15(13-21)10-11-20(16,2)18(14)9-8-17-4-3-5-19(22)23-17/h6-7,12,14-15,17-18H,3-5,8-11,13,21H2,1-2H3/t14-,15-,17-,18-,20-/m0/s1. The molecule has 3 nitrogen and oxygen atoms in total. The van der Waals surface area contributed by atoms with Crippen molar-refractivity contribution in [3.63, 3.8) is 0 Å². The van der Waals surface area contributed by atoms with Crippen LogP contribution in [0.3, 0.4) is 0 Å². The van der Waals surface area contributed by atoms with E-state index in [4.69, 9.17) is 10.5 Å². The van der Waals surface area contributed by atoms with Gasteiger partial charge in [-0.3, -0.25) is 4.79 Å². The first kappa shape index (κ1) is 16.8. The third-order valence-corrected chi connectivity index (χ3v) is 6.45. The molecule has 1 saturated heterocycles. The third-order valence-electron chi connectivity index (χ3n) is 6.45. The van der Waals surface area contributed by atoms with Gasteiger partial charge in [0.15, 0.2) is 0 Å². The number of rotatable bonds is 4. The van der Waals surface area contributed by atoms with Gasteiger partial charge in [0.2, 0.25) is 0 Å². The van der Waals surface area contributed by atoms with Gasteiger partial charge in [0.1, 0.15) is 6.10 Å². The minimum Gasteiger partial charge on any atom is -0.462 e. The lowest BCUT2D eigenvalue weighted by molar-refractivity contribution is -0.154. The monoisotopic (exact) mass is 317 g/mol. The molecule has 3 aliphatic rings. The summed E-state index contributed by atoms with van der Waals surface area (Å²) in [6, 6.07) is 0. The molecule has 128 valence electrons. The van der Waals surface area contributed by atoms with E-state index in [1.165, 1.54) is 18.4 Å². The number of hydrogen-bond donors (Lipinski definition) is 1. The van der Waals surface area contributed by atoms with E-state index in [-0.39, 0.29) is 17.5 Å². The Kier molecular flexibility index (Phi) is 4.96. The van der Waals surface area contributed by atoms with E-state index in [9.17, 15) is 4.79 Å². The molecule has 1 fully saturated rings. The van der Waals surface area contributed by atoms with Crippen LogP contribution in [-0.4, -0.2) is 18.6 Å². The maximum atomic E-state index is 11.5. The minimum absolute atomic E-state index is 0.00640. The van der Waals surface area contributed by atoms with E-state index in [2.05, 4.69) is 32.1 Å². The molecule has 3 heteroatoms. The van der Waals surface area contributed by atoms with Crippen LogP contribution in [0.5, 0.6) is 0 Å². The van der Waals surface area contributed by atoms with Crippen molar-refractivity contribution in [2.75, 3.05) is 6.54 Å². The van der Waals surface area contributed by atoms with Gasteiger partial charge in [-0.15, -0.1) is 0 Å². The SMILES string of the molecule is C[C@H]1C=CC2=C[C@@H](CN)CC[C@]2(C)[C@H]1CC[C@@H]1CCCC(=O)O1. The van der Waals surface area contributed by atoms with Gasteiger partial charge in [-0.25, -0.2) is 0 Å². The first-order valence-electron chi connectivity index (χ1n) is 9.33. The summed E-state index contributed by atoms with van der Waals surface area (Å²) in [5.74, 6) is 1.76. The highest BCUT2D eigenvalue weighted by molar-refractivity contribution is 5.70. The van der Waals surface area contributed by atoms with E-state index in [0.717, 1.165) is 32.2 Å². The fraction of sp³-hybridized carbons (Fsp3) is 0.750. The second-order valence-electron chi connectivity index (χ2n) is 7.98. The first-order valence-corrected chi connectivity index (χ1v) is 9.33. The molecular formula is C20H31NO2. The van der Waals surface area contributed by atoms with Crippen molar-refractivity contribution in [1.29, 1.82) is 0 Å². The molecule has 0 radical (unpaired) electrons. The molecule has 0 aromatic rings. The number of ether oxygens (including phenoxy) is 1. The summed E-state index contributed by atoms with van der Waals surface area (Å²) < 4.78 is 5.53. The molecule has 0 unspecified atom stereocenters. The maximum Gasteiger partial charge on any atom is 0.306 e. The number of cyclic esters (lactones) is 1. The molecule has 0 aromatic carbocycles. The Hall–Kier alpha value is -1.09. The maximum absolute atomic E-state index is 11.5. The number of allylic oxidation sites excluding steroid dienone is 3. The van der Waals surface area contributed by atoms with Crippen molar-refractivity contribution >= 4 is 5.97 Å². The lowest BCUT2D eigenvalue weighted by atomic mass is 9.57. The first-order chi connectivity index (χ1) is 11.0. The fourth-order valence-corrected chi connectivity index (χ4v) is 4.89. The van der Waals surface area contributed by atoms with Crippen LogP contribution >= 0.6 is 0 Å². The zero-order valence-corrected chi connectivity index (χ0v) is 14.6. The molecule has 0 bridgehead atoms. The molecule has 23 heavy (non-hydrogen) atoms. The number of carbonyl (C=O) groups excluding carboxylic acids is 1. The normalized spacial score (nSPS) is 40.3. The van der Waals surface area contributed by atoms with E-state index < -0.39 is 0 Å². The number of esters is 1. The van der Waals surface area contributed by atoms with Crippen LogP contribution in [0.1, 0.15) is 58.8 Å². The average molecular weight is 317 g/mol. The average Bonchev–Trinajstić information content (AvgIpc) is 2.53. The molecule has 0 spiro atoms. The zero-order chi connectivity index (χ0) is 16.4. The molecule has 1 aliphatic heterocycles. The molecule has 1 heterocycles. The predicted octanol–water partition coefficient (Wildman–Crippen LogP) is 3.99. The molecule has 5 atom stereocenters. The van der Waals surface area contributed by atoms with E-state index in [1.807, 2.05) is 0 Å². The smallest absolute Gasteiger partial charge is 0.306 e. The minimum atomic E-state index is -0.00640. The van der Waals surface area contributed by atoms with E-state index in [1.54, 1.807) is 0 Å². The summed E-state index contributed by atoms with van der Waals surface area (Å²) in [5.41, 5.74) is 7.63. The number of nitrogens with two attached hydrogens (primary N) is 1. The second kappa shape index (κ2) is 6.80. The van der Waals surface area contributed by atoms with Gasteiger partial charge in [0.05, 0.1) is 0 Å². The zero-order valence-electron chi connectivity index (χ0n) is 14.6. The van der Waals surface area contributed by atoms with Crippen molar-refractivity contribution in [2.45, 2.75) is 64.9 Å². The van der Waals surface area contributed by atoms with Gasteiger partial charge in [-0.1, -0.05) is 32.1 Å². The van der Waals surface area contributed by atoms with Crippen molar-refractivity contribution in [2.24, 2.45) is 28.9 Å². The molecule has 2 N–H and O–H groups in total. The molecule has 0 amide bonds. The highest BCUT2D eigenvalue weighted by atomic mass is 16.5. The molecular weight excluding hydrogens is 286 g/mol. The van der Waals surface area contributed by atoms with Crippen LogP contribution in [0.25, 0.3) is 0 Å². The van der Waals surface area contributed by atoms with Gasteiger partial charge in [0, 0.05) is 6.42 Å². The summed E-state index contributed by atoms with van der Waals surface area (Å²) in [4.78, 5) is 11.5. The summed E-state index contributed by atoms with van der Waals surface area (Å²) in [6.45, 7) is 5.53. The van der Waals surface area contributed by atoms with Gasteiger partial charge in [-0.2, -0.15) is 0 Å². The Labute approximate surface area is 140 Å². The number of carbonyl (C=O) groups is 1. The summed E-state index contributed by atoms with van der Waals surface area (Å²) in [5, 5.41) is 0. The Balaban J connectivity index is 1.70. The van der Waals surface area contributed by atoms with Gasteiger partial charge in [-0.05, 0) is 73.8 Å². The van der Waals surface area contributed by atoms with E-state index in [0.29, 0.717) is 24.2 Å². The van der Waals surface area contributed by atoms with Crippen LogP contribution in [-0.2, 0) is 9.53 Å². The fourth-order valence-electron chi connectivity index (χ4n) is 4.89. The Morgan fingerprint density at radius 1 is 1.35 bits per heavy atom. The quantitative estimate of drug-likeness (QED) is 0.798. The topological polar surface area (TPSA) is 52.3 Å². The van der Waals surface area contributed by atoms with Crippen LogP contribution in [0.4, 0.5) is 0 Å². The van der Waals surface area contributed by atoms with Crippen molar-refractivity contribution in [3.8, 4) is 0 Å². The molecule has 0 aromatic heterocycles. The summed E-state index contributed by atoms with van der Waals surface area (Å²) in [7, 11) is 0. The van der Waals surface area contributed by atoms with Gasteiger partial charge in [0.25, 0.3) is 0 Å². The number of hydrogen-bond acceptors (Lipinski definition) is 3. The van der Waals surface area contributed by atoms with Crippen molar-refractivity contribution < 1.29 is 9.53 Å². The highest BCUT2D eigenvalue weighted by Crippen LogP contribution is 2.52. The number of fused-ring (bicyclic) bond motifs is 1. The second-order valence-corrected chi connectivity index (χ2v) is 7.98. The lowest BCUT2D eigenvalue weighted by Crippen LogP contribution is -2.39. The van der Waals surface area contributed by atoms with Crippen LogP contribution in [0.15, 0.2) is 23.8 Å². The Morgan fingerprint density at radius 2 is 2.17 bits per heavy atom. The van der Waals surface area contributed by atoms with Gasteiger partial charge >= 0.3 is 5.97 Å². The third kappa shape index (κ3) is 3.40. The summed E-state index contributed by atoms with van der Waals surface area (Å²) >= 11 is 0. The van der Waals surface area contributed by atoms with Gasteiger partial charge < -0.3 is 10.5 Å². The van der Waals surface area contributed by atoms with Crippen LogP contribution in [0.2, 0.25) is 0 Å². The molecule has 3 rings (SSSR count).